The van der Waals surface area contributed by atoms with Crippen molar-refractivity contribution >= 4 is 16.3 Å². The van der Waals surface area contributed by atoms with Crippen molar-refractivity contribution < 1.29 is 0 Å². The number of rotatable bonds is 3. The molecule has 0 radical (unpaired) electrons. The first kappa shape index (κ1) is 9.23. The average molecular weight is 223 g/mol. The number of fused-ring (bicyclic) bond motifs is 1. The van der Waals surface area contributed by atoms with Crippen LogP contribution in [0.4, 0.5) is 0 Å². The van der Waals surface area contributed by atoms with Crippen LogP contribution in [0.25, 0.3) is 4.96 Å². The Balaban J connectivity index is 1.99. The van der Waals surface area contributed by atoms with E-state index in [0.717, 1.165) is 22.3 Å². The predicted octanol–water partition coefficient (Wildman–Crippen LogP) is 1.17. The van der Waals surface area contributed by atoms with Gasteiger partial charge in [0, 0.05) is 12.5 Å². The Labute approximate surface area is 91.5 Å². The standard InChI is InChI=1S/C9H13N5S/c1-10-5-7-13-14-8(6-3-2-4-6)11-12-9(14)15-7/h6,10H,2-5H2,1H3. The first-order chi connectivity index (χ1) is 7.38. The molecule has 5 nitrogen and oxygen atoms in total. The van der Waals surface area contributed by atoms with E-state index in [-0.39, 0.29) is 0 Å². The number of hydrogen-bond donors (Lipinski definition) is 1. The largest absolute Gasteiger partial charge is 0.313 e. The van der Waals surface area contributed by atoms with Gasteiger partial charge in [-0.25, -0.2) is 0 Å². The molecule has 0 bridgehead atoms. The van der Waals surface area contributed by atoms with Crippen molar-refractivity contribution in [2.45, 2.75) is 31.7 Å². The third kappa shape index (κ3) is 1.44. The Bertz CT molecular complexity index is 470. The molecule has 0 unspecified atom stereocenters. The molecule has 1 saturated carbocycles. The van der Waals surface area contributed by atoms with Crippen LogP contribution in [0.5, 0.6) is 0 Å². The molecule has 3 rings (SSSR count). The topological polar surface area (TPSA) is 55.1 Å². The average Bonchev–Trinajstić information content (AvgIpc) is 2.65. The Morgan fingerprint density at radius 1 is 1.47 bits per heavy atom. The molecule has 0 aliphatic heterocycles. The molecule has 2 aromatic rings. The lowest BCUT2D eigenvalue weighted by atomic mass is 9.85. The Kier molecular flexibility index (Phi) is 2.17. The molecular weight excluding hydrogens is 210 g/mol. The lowest BCUT2D eigenvalue weighted by Crippen LogP contribution is -2.13. The molecule has 15 heavy (non-hydrogen) atoms. The molecule has 1 N–H and O–H groups in total. The first-order valence-electron chi connectivity index (χ1n) is 5.24. The SMILES string of the molecule is CNCc1nn2c(C3CCC3)nnc2s1. The van der Waals surface area contributed by atoms with Gasteiger partial charge in [0.05, 0.1) is 0 Å². The summed E-state index contributed by atoms with van der Waals surface area (Å²) < 4.78 is 1.92. The summed E-state index contributed by atoms with van der Waals surface area (Å²) in [5, 5.41) is 17.1. The second-order valence-electron chi connectivity index (χ2n) is 3.91. The second-order valence-corrected chi connectivity index (χ2v) is 4.95. The van der Waals surface area contributed by atoms with Gasteiger partial charge in [-0.3, -0.25) is 0 Å². The first-order valence-corrected chi connectivity index (χ1v) is 6.06. The third-order valence-corrected chi connectivity index (χ3v) is 3.75. The summed E-state index contributed by atoms with van der Waals surface area (Å²) in [6, 6.07) is 0. The smallest absolute Gasteiger partial charge is 0.234 e. The van der Waals surface area contributed by atoms with E-state index in [0.29, 0.717) is 5.92 Å². The third-order valence-electron chi connectivity index (χ3n) is 2.86. The van der Waals surface area contributed by atoms with Crippen LogP contribution in [0.3, 0.4) is 0 Å². The predicted molar refractivity (Wildman–Crippen MR) is 58.0 cm³/mol. The van der Waals surface area contributed by atoms with E-state index in [2.05, 4.69) is 20.6 Å². The van der Waals surface area contributed by atoms with Gasteiger partial charge in [-0.05, 0) is 19.9 Å². The highest BCUT2D eigenvalue weighted by atomic mass is 32.1. The molecule has 0 spiro atoms. The molecule has 6 heteroatoms. The molecule has 0 aromatic carbocycles. The maximum Gasteiger partial charge on any atom is 0.234 e. The maximum absolute atomic E-state index is 4.51. The molecule has 80 valence electrons. The van der Waals surface area contributed by atoms with Gasteiger partial charge in [0.25, 0.3) is 0 Å². The van der Waals surface area contributed by atoms with Crippen LogP contribution in [0.1, 0.15) is 36.0 Å². The lowest BCUT2D eigenvalue weighted by Gasteiger charge is -2.22. The van der Waals surface area contributed by atoms with Crippen LogP contribution in [-0.2, 0) is 6.54 Å². The van der Waals surface area contributed by atoms with Gasteiger partial charge in [0.15, 0.2) is 5.82 Å². The Morgan fingerprint density at radius 3 is 3.00 bits per heavy atom. The van der Waals surface area contributed by atoms with E-state index >= 15 is 0 Å². The normalized spacial score (nSPS) is 17.1. The van der Waals surface area contributed by atoms with Gasteiger partial charge < -0.3 is 5.32 Å². The van der Waals surface area contributed by atoms with Gasteiger partial charge in [-0.1, -0.05) is 17.8 Å². The minimum Gasteiger partial charge on any atom is -0.313 e. The minimum atomic E-state index is 0.588. The van der Waals surface area contributed by atoms with Crippen molar-refractivity contribution in [3.05, 3.63) is 10.8 Å². The quantitative estimate of drug-likeness (QED) is 0.848. The van der Waals surface area contributed by atoms with Crippen molar-refractivity contribution in [2.75, 3.05) is 7.05 Å². The molecule has 1 aliphatic carbocycles. The fourth-order valence-electron chi connectivity index (χ4n) is 1.82. The van der Waals surface area contributed by atoms with Crippen molar-refractivity contribution in [1.82, 2.24) is 25.1 Å². The maximum atomic E-state index is 4.51. The van der Waals surface area contributed by atoms with Crippen LogP contribution in [0.2, 0.25) is 0 Å². The lowest BCUT2D eigenvalue weighted by molar-refractivity contribution is 0.395. The van der Waals surface area contributed by atoms with Crippen molar-refractivity contribution in [3.63, 3.8) is 0 Å². The van der Waals surface area contributed by atoms with Crippen molar-refractivity contribution in [1.29, 1.82) is 0 Å². The summed E-state index contributed by atoms with van der Waals surface area (Å²) >= 11 is 1.61. The van der Waals surface area contributed by atoms with E-state index < -0.39 is 0 Å². The molecule has 2 aromatic heterocycles. The van der Waals surface area contributed by atoms with Gasteiger partial charge in [0.2, 0.25) is 4.96 Å². The number of aromatic nitrogens is 4. The second kappa shape index (κ2) is 3.53. The summed E-state index contributed by atoms with van der Waals surface area (Å²) in [5.74, 6) is 1.64. The highest BCUT2D eigenvalue weighted by Gasteiger charge is 2.25. The summed E-state index contributed by atoms with van der Waals surface area (Å²) in [5.41, 5.74) is 0. The van der Waals surface area contributed by atoms with E-state index in [9.17, 15) is 0 Å². The van der Waals surface area contributed by atoms with Gasteiger partial charge in [0.1, 0.15) is 5.01 Å². The fourth-order valence-corrected chi connectivity index (χ4v) is 2.67. The van der Waals surface area contributed by atoms with Crippen molar-refractivity contribution in [2.24, 2.45) is 0 Å². The zero-order valence-corrected chi connectivity index (χ0v) is 9.42. The number of nitrogens with zero attached hydrogens (tertiary/aromatic N) is 4. The molecule has 0 amide bonds. The van der Waals surface area contributed by atoms with Crippen LogP contribution >= 0.6 is 11.3 Å². The van der Waals surface area contributed by atoms with Gasteiger partial charge in [-0.2, -0.15) is 9.61 Å². The Morgan fingerprint density at radius 2 is 2.33 bits per heavy atom. The fraction of sp³-hybridized carbons (Fsp3) is 0.667. The van der Waals surface area contributed by atoms with E-state index in [1.54, 1.807) is 11.3 Å². The monoisotopic (exact) mass is 223 g/mol. The summed E-state index contributed by atoms with van der Waals surface area (Å²) in [4.78, 5) is 0.919. The summed E-state index contributed by atoms with van der Waals surface area (Å²) in [6.45, 7) is 0.804. The highest BCUT2D eigenvalue weighted by Crippen LogP contribution is 2.35. The number of hydrogen-bond acceptors (Lipinski definition) is 5. The molecule has 1 aliphatic rings. The highest BCUT2D eigenvalue weighted by molar-refractivity contribution is 7.16. The summed E-state index contributed by atoms with van der Waals surface area (Å²) in [7, 11) is 1.93. The van der Waals surface area contributed by atoms with Gasteiger partial charge in [-0.15, -0.1) is 10.2 Å². The van der Waals surface area contributed by atoms with E-state index in [1.807, 2.05) is 11.6 Å². The van der Waals surface area contributed by atoms with Crippen LogP contribution in [0, 0.1) is 0 Å². The zero-order valence-electron chi connectivity index (χ0n) is 8.60. The van der Waals surface area contributed by atoms with Crippen LogP contribution in [0.15, 0.2) is 0 Å². The molecule has 1 fully saturated rings. The zero-order chi connectivity index (χ0) is 10.3. The molecular formula is C9H13N5S. The van der Waals surface area contributed by atoms with Crippen molar-refractivity contribution in [3.8, 4) is 0 Å². The Hall–Kier alpha value is -1.01. The van der Waals surface area contributed by atoms with Crippen LogP contribution < -0.4 is 5.32 Å². The summed E-state index contributed by atoms with van der Waals surface area (Å²) in [6.07, 6.45) is 3.78. The molecule has 0 saturated heterocycles. The van der Waals surface area contributed by atoms with E-state index in [1.165, 1.54) is 19.3 Å². The van der Waals surface area contributed by atoms with Crippen LogP contribution in [-0.4, -0.2) is 26.9 Å². The molecule has 0 atom stereocenters. The number of nitrogens with one attached hydrogen (secondary N) is 1. The van der Waals surface area contributed by atoms with E-state index in [4.69, 9.17) is 0 Å². The molecule has 2 heterocycles. The van der Waals surface area contributed by atoms with Gasteiger partial charge >= 0.3 is 0 Å². The minimum absolute atomic E-state index is 0.588.